The maximum absolute atomic E-state index is 11.2. The highest BCUT2D eigenvalue weighted by molar-refractivity contribution is 5.74. The molecule has 1 unspecified atom stereocenters. The second-order valence-electron chi connectivity index (χ2n) is 3.04. The zero-order valence-corrected chi connectivity index (χ0v) is 8.60. The van der Waals surface area contributed by atoms with Crippen LogP contribution in [-0.4, -0.2) is 18.6 Å². The summed E-state index contributed by atoms with van der Waals surface area (Å²) in [5.74, 6) is 0. The van der Waals surface area contributed by atoms with E-state index in [1.54, 1.807) is 6.08 Å². The molecule has 0 radical (unpaired) electrons. The fourth-order valence-corrected chi connectivity index (χ4v) is 1.13. The molecule has 0 spiro atoms. The van der Waals surface area contributed by atoms with Gasteiger partial charge in [0.05, 0.1) is 0 Å². The molecule has 3 heteroatoms. The summed E-state index contributed by atoms with van der Waals surface area (Å²) in [7, 11) is 0. The summed E-state index contributed by atoms with van der Waals surface area (Å²) < 4.78 is 0. The summed E-state index contributed by atoms with van der Waals surface area (Å²) >= 11 is 0. The second kappa shape index (κ2) is 7.65. The van der Waals surface area contributed by atoms with Gasteiger partial charge in [-0.05, 0) is 12.8 Å². The van der Waals surface area contributed by atoms with Crippen molar-refractivity contribution in [3.63, 3.8) is 0 Å². The summed E-state index contributed by atoms with van der Waals surface area (Å²) in [5, 5.41) is 5.59. The first kappa shape index (κ1) is 12.0. The van der Waals surface area contributed by atoms with Crippen molar-refractivity contribution in [2.24, 2.45) is 0 Å². The molecule has 0 saturated carbocycles. The Kier molecular flexibility index (Phi) is 7.07. The molecule has 0 rings (SSSR count). The average molecular weight is 184 g/mol. The number of hydrogen-bond acceptors (Lipinski definition) is 1. The van der Waals surface area contributed by atoms with Crippen molar-refractivity contribution in [3.05, 3.63) is 12.7 Å². The molecule has 3 nitrogen and oxygen atoms in total. The molecule has 0 fully saturated rings. The molecule has 2 N–H and O–H groups in total. The van der Waals surface area contributed by atoms with Crippen molar-refractivity contribution in [3.8, 4) is 0 Å². The predicted octanol–water partition coefficient (Wildman–Crippen LogP) is 2.05. The lowest BCUT2D eigenvalue weighted by Crippen LogP contribution is -2.41. The molecule has 0 aliphatic rings. The van der Waals surface area contributed by atoms with Crippen LogP contribution in [0, 0.1) is 0 Å². The van der Waals surface area contributed by atoms with Crippen LogP contribution in [-0.2, 0) is 0 Å². The van der Waals surface area contributed by atoms with Crippen LogP contribution in [0.4, 0.5) is 4.79 Å². The Hall–Kier alpha value is -0.990. The normalized spacial score (nSPS) is 11.8. The Morgan fingerprint density at radius 3 is 2.69 bits per heavy atom. The third kappa shape index (κ3) is 6.20. The summed E-state index contributed by atoms with van der Waals surface area (Å²) in [4.78, 5) is 11.2. The molecule has 0 bridgehead atoms. The topological polar surface area (TPSA) is 41.1 Å². The molecule has 0 heterocycles. The molecule has 0 aromatic carbocycles. The molecule has 1 atom stereocenters. The van der Waals surface area contributed by atoms with E-state index >= 15 is 0 Å². The van der Waals surface area contributed by atoms with Crippen LogP contribution < -0.4 is 10.6 Å². The maximum atomic E-state index is 11.2. The molecule has 76 valence electrons. The lowest BCUT2D eigenvalue weighted by molar-refractivity contribution is 0.236. The van der Waals surface area contributed by atoms with Gasteiger partial charge >= 0.3 is 6.03 Å². The highest BCUT2D eigenvalue weighted by Gasteiger charge is 2.07. The minimum atomic E-state index is -0.0970. The minimum absolute atomic E-state index is 0.0970. The fourth-order valence-electron chi connectivity index (χ4n) is 1.13. The highest BCUT2D eigenvalue weighted by atomic mass is 16.2. The lowest BCUT2D eigenvalue weighted by atomic mass is 10.1. The lowest BCUT2D eigenvalue weighted by Gasteiger charge is -2.15. The van der Waals surface area contributed by atoms with Crippen LogP contribution in [0.2, 0.25) is 0 Å². The third-order valence-corrected chi connectivity index (χ3v) is 1.87. The van der Waals surface area contributed by atoms with Crippen LogP contribution in [0.3, 0.4) is 0 Å². The first-order valence-corrected chi connectivity index (χ1v) is 4.89. The van der Waals surface area contributed by atoms with Crippen LogP contribution >= 0.6 is 0 Å². The fraction of sp³-hybridized carbons (Fsp3) is 0.700. The molecule has 0 aromatic heterocycles. The number of carbonyl (C=O) groups excluding carboxylic acids is 1. The SMILES string of the molecule is C=CCNC(=O)NC(CC)CCC. The van der Waals surface area contributed by atoms with Crippen molar-refractivity contribution in [2.45, 2.75) is 39.2 Å². The molecule has 0 aliphatic heterocycles. The van der Waals surface area contributed by atoms with Gasteiger partial charge in [-0.15, -0.1) is 6.58 Å². The number of rotatable bonds is 6. The monoisotopic (exact) mass is 184 g/mol. The Balaban J connectivity index is 3.65. The molecular formula is C10H20N2O. The van der Waals surface area contributed by atoms with Gasteiger partial charge in [-0.1, -0.05) is 26.3 Å². The van der Waals surface area contributed by atoms with Crippen LogP contribution in [0.15, 0.2) is 12.7 Å². The first-order chi connectivity index (χ1) is 6.24. The summed E-state index contributed by atoms with van der Waals surface area (Å²) in [6.45, 7) is 8.24. The van der Waals surface area contributed by atoms with Crippen molar-refractivity contribution in [2.75, 3.05) is 6.54 Å². The van der Waals surface area contributed by atoms with Gasteiger partial charge in [0.15, 0.2) is 0 Å². The standard InChI is InChI=1S/C10H20N2O/c1-4-7-9(6-3)12-10(13)11-8-5-2/h5,9H,2,4,6-8H2,1,3H3,(H2,11,12,13). The molecule has 0 saturated heterocycles. The number of nitrogens with one attached hydrogen (secondary N) is 2. The molecule has 0 aromatic rings. The third-order valence-electron chi connectivity index (χ3n) is 1.87. The zero-order chi connectivity index (χ0) is 10.1. The van der Waals surface area contributed by atoms with Crippen molar-refractivity contribution < 1.29 is 4.79 Å². The largest absolute Gasteiger partial charge is 0.335 e. The predicted molar refractivity (Wildman–Crippen MR) is 55.7 cm³/mol. The zero-order valence-electron chi connectivity index (χ0n) is 8.60. The number of urea groups is 1. The Morgan fingerprint density at radius 1 is 1.54 bits per heavy atom. The van der Waals surface area contributed by atoms with E-state index in [-0.39, 0.29) is 6.03 Å². The van der Waals surface area contributed by atoms with Crippen molar-refractivity contribution in [1.82, 2.24) is 10.6 Å². The Labute approximate surface area is 80.6 Å². The minimum Gasteiger partial charge on any atom is -0.335 e. The van der Waals surface area contributed by atoms with Gasteiger partial charge in [0.2, 0.25) is 0 Å². The second-order valence-corrected chi connectivity index (χ2v) is 3.04. The number of carbonyl (C=O) groups is 1. The molecule has 13 heavy (non-hydrogen) atoms. The van der Waals surface area contributed by atoms with Gasteiger partial charge in [-0.2, -0.15) is 0 Å². The summed E-state index contributed by atoms with van der Waals surface area (Å²) in [6, 6.07) is 0.204. The van der Waals surface area contributed by atoms with Gasteiger partial charge in [0.25, 0.3) is 0 Å². The van der Waals surface area contributed by atoms with E-state index in [2.05, 4.69) is 31.1 Å². The summed E-state index contributed by atoms with van der Waals surface area (Å²) in [5.41, 5.74) is 0. The van der Waals surface area contributed by atoms with Crippen LogP contribution in [0.1, 0.15) is 33.1 Å². The van der Waals surface area contributed by atoms with E-state index in [9.17, 15) is 4.79 Å². The van der Waals surface area contributed by atoms with Gasteiger partial charge in [0, 0.05) is 12.6 Å². The van der Waals surface area contributed by atoms with E-state index in [4.69, 9.17) is 0 Å². The highest BCUT2D eigenvalue weighted by Crippen LogP contribution is 1.99. The quantitative estimate of drug-likeness (QED) is 0.609. The first-order valence-electron chi connectivity index (χ1n) is 4.89. The molecule has 2 amide bonds. The van der Waals surface area contributed by atoms with E-state index in [1.165, 1.54) is 0 Å². The average Bonchev–Trinajstić information content (AvgIpc) is 2.14. The number of hydrogen-bond donors (Lipinski definition) is 2. The van der Waals surface area contributed by atoms with Gasteiger partial charge < -0.3 is 10.6 Å². The maximum Gasteiger partial charge on any atom is 0.315 e. The van der Waals surface area contributed by atoms with E-state index in [1.807, 2.05) is 0 Å². The summed E-state index contributed by atoms with van der Waals surface area (Å²) in [6.07, 6.45) is 4.79. The van der Waals surface area contributed by atoms with Gasteiger partial charge in [0.1, 0.15) is 0 Å². The van der Waals surface area contributed by atoms with Crippen LogP contribution in [0.25, 0.3) is 0 Å². The van der Waals surface area contributed by atoms with Crippen LogP contribution in [0.5, 0.6) is 0 Å². The number of amides is 2. The Morgan fingerprint density at radius 2 is 2.23 bits per heavy atom. The van der Waals surface area contributed by atoms with Crippen molar-refractivity contribution in [1.29, 1.82) is 0 Å². The van der Waals surface area contributed by atoms with Gasteiger partial charge in [-0.3, -0.25) is 0 Å². The van der Waals surface area contributed by atoms with E-state index in [0.29, 0.717) is 12.6 Å². The molecular weight excluding hydrogens is 164 g/mol. The van der Waals surface area contributed by atoms with Gasteiger partial charge in [-0.25, -0.2) is 4.79 Å². The smallest absolute Gasteiger partial charge is 0.315 e. The Bertz CT molecular complexity index is 157. The van der Waals surface area contributed by atoms with E-state index in [0.717, 1.165) is 19.3 Å². The van der Waals surface area contributed by atoms with Crippen molar-refractivity contribution >= 4 is 6.03 Å². The van der Waals surface area contributed by atoms with E-state index < -0.39 is 0 Å². The molecule has 0 aliphatic carbocycles.